The number of fused-ring (bicyclic) bond motifs is 1. The largest absolute Gasteiger partial charge is 0.465 e. The summed E-state index contributed by atoms with van der Waals surface area (Å²) in [6.45, 7) is 0. The zero-order chi connectivity index (χ0) is 14.8. The van der Waals surface area contributed by atoms with Gasteiger partial charge in [-0.25, -0.2) is 19.4 Å². The first-order valence-corrected chi connectivity index (χ1v) is 6.15. The van der Waals surface area contributed by atoms with Crippen molar-refractivity contribution in [3.8, 4) is 0 Å². The van der Waals surface area contributed by atoms with Crippen LogP contribution in [0.5, 0.6) is 0 Å². The van der Waals surface area contributed by atoms with Crippen LogP contribution in [0.4, 0.5) is 11.5 Å². The fraction of sp³-hybridized carbons (Fsp3) is 0.154. The van der Waals surface area contributed by atoms with E-state index in [1.165, 1.54) is 13.4 Å². The monoisotopic (exact) mass is 284 g/mol. The molecule has 0 aliphatic heterocycles. The first kappa shape index (κ1) is 13.0. The van der Waals surface area contributed by atoms with E-state index in [2.05, 4.69) is 30.3 Å². The van der Waals surface area contributed by atoms with E-state index in [0.29, 0.717) is 22.5 Å². The Morgan fingerprint density at radius 3 is 2.71 bits per heavy atom. The van der Waals surface area contributed by atoms with Gasteiger partial charge in [0.15, 0.2) is 17.0 Å². The summed E-state index contributed by atoms with van der Waals surface area (Å²) in [5, 5.41) is 11.1. The molecular weight excluding hydrogens is 272 g/mol. The van der Waals surface area contributed by atoms with Crippen LogP contribution in [0.3, 0.4) is 0 Å². The Kier molecular flexibility index (Phi) is 3.19. The third kappa shape index (κ3) is 2.38. The minimum atomic E-state index is -0.375. The van der Waals surface area contributed by atoms with Crippen LogP contribution in [-0.4, -0.2) is 38.0 Å². The lowest BCUT2D eigenvalue weighted by molar-refractivity contribution is 0.0601. The number of hydrogen-bond donors (Lipinski definition) is 1. The van der Waals surface area contributed by atoms with E-state index in [-0.39, 0.29) is 5.97 Å². The van der Waals surface area contributed by atoms with Crippen LogP contribution in [0.1, 0.15) is 10.4 Å². The zero-order valence-corrected chi connectivity index (χ0v) is 11.4. The zero-order valence-electron chi connectivity index (χ0n) is 11.4. The Hall–Kier alpha value is -3.03. The van der Waals surface area contributed by atoms with Gasteiger partial charge in [0.05, 0.1) is 12.7 Å². The highest BCUT2D eigenvalue weighted by Crippen LogP contribution is 2.20. The summed E-state index contributed by atoms with van der Waals surface area (Å²) in [5.74, 6) is 0.179. The van der Waals surface area contributed by atoms with Gasteiger partial charge in [0, 0.05) is 12.7 Å². The second-order valence-corrected chi connectivity index (χ2v) is 4.30. The van der Waals surface area contributed by atoms with Crippen molar-refractivity contribution in [1.29, 1.82) is 0 Å². The number of carbonyl (C=O) groups is 1. The molecule has 0 aliphatic carbocycles. The van der Waals surface area contributed by atoms with Crippen molar-refractivity contribution < 1.29 is 9.53 Å². The third-order valence-electron chi connectivity index (χ3n) is 2.96. The van der Waals surface area contributed by atoms with Gasteiger partial charge < -0.3 is 10.1 Å². The molecule has 0 fully saturated rings. The van der Waals surface area contributed by atoms with Crippen molar-refractivity contribution in [2.75, 3.05) is 12.4 Å². The summed E-state index contributed by atoms with van der Waals surface area (Å²) >= 11 is 0. The van der Waals surface area contributed by atoms with Gasteiger partial charge in [-0.2, -0.15) is 0 Å². The van der Waals surface area contributed by atoms with Crippen LogP contribution in [0.2, 0.25) is 0 Å². The average Bonchev–Trinajstić information content (AvgIpc) is 2.90. The van der Waals surface area contributed by atoms with Gasteiger partial charge in [-0.15, -0.1) is 5.10 Å². The van der Waals surface area contributed by atoms with Gasteiger partial charge in [-0.1, -0.05) is 5.21 Å². The van der Waals surface area contributed by atoms with Gasteiger partial charge in [-0.3, -0.25) is 0 Å². The number of aromatic nitrogens is 5. The molecule has 21 heavy (non-hydrogen) atoms. The molecule has 0 saturated heterocycles. The van der Waals surface area contributed by atoms with Crippen LogP contribution in [0, 0.1) is 0 Å². The van der Waals surface area contributed by atoms with E-state index >= 15 is 0 Å². The standard InChI is InChI=1S/C13H12N6O2/c1-19-12-10(17-18-19)11(14-7-15-12)16-9-5-3-8(4-6-9)13(20)21-2/h3-7H,1-2H3,(H,14,15,16). The third-order valence-corrected chi connectivity index (χ3v) is 2.96. The Labute approximate surface area is 119 Å². The first-order valence-electron chi connectivity index (χ1n) is 6.15. The van der Waals surface area contributed by atoms with Crippen molar-refractivity contribution in [3.63, 3.8) is 0 Å². The molecule has 2 aromatic heterocycles. The van der Waals surface area contributed by atoms with Crippen molar-refractivity contribution in [2.24, 2.45) is 7.05 Å². The van der Waals surface area contributed by atoms with Crippen LogP contribution in [0.25, 0.3) is 11.2 Å². The summed E-state index contributed by atoms with van der Waals surface area (Å²) in [5.41, 5.74) is 2.47. The molecular formula is C13H12N6O2. The number of methoxy groups -OCH3 is 1. The number of rotatable bonds is 3. The fourth-order valence-electron chi connectivity index (χ4n) is 1.89. The van der Waals surface area contributed by atoms with Crippen LogP contribution in [-0.2, 0) is 11.8 Å². The Morgan fingerprint density at radius 2 is 2.00 bits per heavy atom. The van der Waals surface area contributed by atoms with Gasteiger partial charge in [0.2, 0.25) is 0 Å². The average molecular weight is 284 g/mol. The van der Waals surface area contributed by atoms with Crippen LogP contribution in [0.15, 0.2) is 30.6 Å². The molecule has 0 atom stereocenters. The first-order chi connectivity index (χ1) is 10.2. The minimum Gasteiger partial charge on any atom is -0.465 e. The number of hydrogen-bond acceptors (Lipinski definition) is 7. The van der Waals surface area contributed by atoms with E-state index in [1.54, 1.807) is 36.0 Å². The van der Waals surface area contributed by atoms with Crippen molar-refractivity contribution in [3.05, 3.63) is 36.2 Å². The predicted molar refractivity (Wildman–Crippen MR) is 75.2 cm³/mol. The maximum atomic E-state index is 11.4. The topological polar surface area (TPSA) is 94.8 Å². The number of nitrogens with zero attached hydrogens (tertiary/aromatic N) is 5. The Bertz CT molecular complexity index is 796. The van der Waals surface area contributed by atoms with Crippen molar-refractivity contribution >= 4 is 28.6 Å². The van der Waals surface area contributed by atoms with Gasteiger partial charge in [-0.05, 0) is 24.3 Å². The summed E-state index contributed by atoms with van der Waals surface area (Å²) < 4.78 is 6.23. The van der Waals surface area contributed by atoms with E-state index in [9.17, 15) is 4.79 Å². The lowest BCUT2D eigenvalue weighted by Crippen LogP contribution is -2.01. The molecule has 1 N–H and O–H groups in total. The molecule has 0 unspecified atom stereocenters. The van der Waals surface area contributed by atoms with Crippen molar-refractivity contribution in [2.45, 2.75) is 0 Å². The molecule has 3 rings (SSSR count). The molecule has 0 aliphatic rings. The van der Waals surface area contributed by atoms with E-state index in [4.69, 9.17) is 0 Å². The minimum absolute atomic E-state index is 0.375. The maximum Gasteiger partial charge on any atom is 0.337 e. The Balaban J connectivity index is 1.90. The highest BCUT2D eigenvalue weighted by atomic mass is 16.5. The molecule has 1 aromatic carbocycles. The normalized spacial score (nSPS) is 10.6. The summed E-state index contributed by atoms with van der Waals surface area (Å²) in [6, 6.07) is 6.86. The summed E-state index contributed by atoms with van der Waals surface area (Å²) in [7, 11) is 3.11. The second kappa shape index (κ2) is 5.16. The molecule has 106 valence electrons. The van der Waals surface area contributed by atoms with E-state index in [0.717, 1.165) is 5.69 Å². The number of esters is 1. The molecule has 0 amide bonds. The molecule has 0 spiro atoms. The van der Waals surface area contributed by atoms with Gasteiger partial charge in [0.1, 0.15) is 6.33 Å². The van der Waals surface area contributed by atoms with Gasteiger partial charge in [0.25, 0.3) is 0 Å². The number of carbonyl (C=O) groups excluding carboxylic acids is 1. The number of anilines is 2. The van der Waals surface area contributed by atoms with Crippen molar-refractivity contribution in [1.82, 2.24) is 25.0 Å². The highest BCUT2D eigenvalue weighted by molar-refractivity contribution is 5.90. The Morgan fingerprint density at radius 1 is 1.24 bits per heavy atom. The van der Waals surface area contributed by atoms with Crippen LogP contribution < -0.4 is 5.32 Å². The number of aryl methyl sites for hydroxylation is 1. The van der Waals surface area contributed by atoms with E-state index in [1.807, 2.05) is 0 Å². The molecule has 0 radical (unpaired) electrons. The summed E-state index contributed by atoms with van der Waals surface area (Å²) in [4.78, 5) is 19.7. The molecule has 3 aromatic rings. The highest BCUT2D eigenvalue weighted by Gasteiger charge is 2.10. The van der Waals surface area contributed by atoms with Crippen LogP contribution >= 0.6 is 0 Å². The quantitative estimate of drug-likeness (QED) is 0.724. The fourth-order valence-corrected chi connectivity index (χ4v) is 1.89. The number of nitrogens with one attached hydrogen (secondary N) is 1. The predicted octanol–water partition coefficient (Wildman–Crippen LogP) is 1.29. The smallest absolute Gasteiger partial charge is 0.337 e. The lowest BCUT2D eigenvalue weighted by Gasteiger charge is -2.06. The SMILES string of the molecule is COC(=O)c1ccc(Nc2ncnc3c2nnn3C)cc1. The lowest BCUT2D eigenvalue weighted by atomic mass is 10.2. The second-order valence-electron chi connectivity index (χ2n) is 4.30. The molecule has 8 heteroatoms. The molecule has 0 saturated carbocycles. The summed E-state index contributed by atoms with van der Waals surface area (Å²) in [6.07, 6.45) is 1.44. The molecule has 8 nitrogen and oxygen atoms in total. The molecule has 0 bridgehead atoms. The number of benzene rings is 1. The molecule has 2 heterocycles. The van der Waals surface area contributed by atoms with Gasteiger partial charge >= 0.3 is 5.97 Å². The maximum absolute atomic E-state index is 11.4. The number of ether oxygens (including phenoxy) is 1. The van der Waals surface area contributed by atoms with E-state index < -0.39 is 0 Å².